The lowest BCUT2D eigenvalue weighted by Crippen LogP contribution is -2.38. The van der Waals surface area contributed by atoms with Crippen molar-refractivity contribution in [3.8, 4) is 0 Å². The van der Waals surface area contributed by atoms with Crippen LogP contribution in [0.2, 0.25) is 10.0 Å². The molecule has 118 valence electrons. The summed E-state index contributed by atoms with van der Waals surface area (Å²) in [6, 6.07) is 2.89. The summed E-state index contributed by atoms with van der Waals surface area (Å²) in [6.07, 6.45) is 4.90. The van der Waals surface area contributed by atoms with E-state index in [-0.39, 0.29) is 22.5 Å². The van der Waals surface area contributed by atoms with E-state index in [4.69, 9.17) is 28.9 Å². The van der Waals surface area contributed by atoms with Gasteiger partial charge in [0.05, 0.1) is 5.02 Å². The summed E-state index contributed by atoms with van der Waals surface area (Å²) in [7, 11) is -3.68. The van der Waals surface area contributed by atoms with Crippen LogP contribution in [-0.2, 0) is 16.6 Å². The molecule has 4 nitrogen and oxygen atoms in total. The molecule has 0 amide bonds. The Hall–Kier alpha value is 0.0200. The highest BCUT2D eigenvalue weighted by Gasteiger charge is 2.32. The highest BCUT2D eigenvalue weighted by Crippen LogP contribution is 2.33. The van der Waals surface area contributed by atoms with Gasteiger partial charge in [-0.1, -0.05) is 29.6 Å². The third-order valence-corrected chi connectivity index (χ3v) is 7.31. The monoisotopic (exact) mass is 368 g/mol. The van der Waals surface area contributed by atoms with Crippen LogP contribution in [0.3, 0.4) is 0 Å². The highest BCUT2D eigenvalue weighted by atomic mass is 35.5. The molecule has 8 heteroatoms. The molecular weight excluding hydrogens is 351 g/mol. The average molecular weight is 369 g/mol. The van der Waals surface area contributed by atoms with Crippen LogP contribution < -0.4 is 10.5 Å². The van der Waals surface area contributed by atoms with Gasteiger partial charge in [0, 0.05) is 28.4 Å². The van der Waals surface area contributed by atoms with Crippen LogP contribution >= 0.6 is 35.0 Å². The molecule has 1 saturated carbocycles. The van der Waals surface area contributed by atoms with E-state index in [0.29, 0.717) is 15.8 Å². The lowest BCUT2D eigenvalue weighted by Gasteiger charge is -2.20. The molecule has 0 spiro atoms. The van der Waals surface area contributed by atoms with Gasteiger partial charge in [-0.15, -0.1) is 0 Å². The van der Waals surface area contributed by atoms with Crippen molar-refractivity contribution in [2.75, 3.05) is 6.26 Å². The maximum absolute atomic E-state index is 12.6. The van der Waals surface area contributed by atoms with Crippen molar-refractivity contribution in [3.05, 3.63) is 27.7 Å². The Bertz CT molecular complexity index is 623. The molecule has 1 aromatic rings. The first kappa shape index (κ1) is 17.4. The van der Waals surface area contributed by atoms with Gasteiger partial charge in [0.1, 0.15) is 4.90 Å². The van der Waals surface area contributed by atoms with Gasteiger partial charge in [0.25, 0.3) is 0 Å². The smallest absolute Gasteiger partial charge is 0.242 e. The van der Waals surface area contributed by atoms with E-state index < -0.39 is 10.0 Å². The number of hydrogen-bond acceptors (Lipinski definition) is 4. The van der Waals surface area contributed by atoms with Crippen LogP contribution in [-0.4, -0.2) is 26.0 Å². The molecule has 2 atom stereocenters. The molecule has 1 fully saturated rings. The summed E-state index contributed by atoms with van der Waals surface area (Å²) in [4.78, 5) is 0.0424. The minimum Gasteiger partial charge on any atom is -0.326 e. The van der Waals surface area contributed by atoms with Crippen LogP contribution in [0, 0.1) is 0 Å². The Morgan fingerprint density at radius 2 is 2.10 bits per heavy atom. The minimum atomic E-state index is -3.68. The van der Waals surface area contributed by atoms with Crippen molar-refractivity contribution < 1.29 is 8.42 Å². The number of halogens is 2. The van der Waals surface area contributed by atoms with Crippen molar-refractivity contribution in [1.82, 2.24) is 4.72 Å². The fourth-order valence-electron chi connectivity index (χ4n) is 2.58. The fraction of sp³-hybridized carbons (Fsp3) is 0.538. The van der Waals surface area contributed by atoms with Gasteiger partial charge < -0.3 is 5.73 Å². The fourth-order valence-corrected chi connectivity index (χ4v) is 5.84. The second kappa shape index (κ2) is 7.06. The normalized spacial score (nSPS) is 22.7. The van der Waals surface area contributed by atoms with E-state index in [1.54, 1.807) is 11.8 Å². The van der Waals surface area contributed by atoms with Crippen molar-refractivity contribution in [3.63, 3.8) is 0 Å². The molecule has 0 aromatic heterocycles. The van der Waals surface area contributed by atoms with Crippen molar-refractivity contribution in [1.29, 1.82) is 0 Å². The summed E-state index contributed by atoms with van der Waals surface area (Å²) in [5.74, 6) is 0. The number of nitrogens with two attached hydrogens (primary N) is 1. The van der Waals surface area contributed by atoms with E-state index in [0.717, 1.165) is 19.3 Å². The zero-order chi connectivity index (χ0) is 15.6. The predicted molar refractivity (Wildman–Crippen MR) is 89.6 cm³/mol. The molecule has 0 heterocycles. The number of rotatable bonds is 5. The first-order chi connectivity index (χ1) is 9.90. The Morgan fingerprint density at radius 3 is 2.71 bits per heavy atom. The summed E-state index contributed by atoms with van der Waals surface area (Å²) in [5.41, 5.74) is 6.04. The van der Waals surface area contributed by atoms with Crippen LogP contribution in [0.5, 0.6) is 0 Å². The number of nitrogens with one attached hydrogen (secondary N) is 1. The third kappa shape index (κ3) is 3.68. The predicted octanol–water partition coefficient (Wildman–Crippen LogP) is 3.01. The number of hydrogen-bond donors (Lipinski definition) is 2. The Balaban J connectivity index is 2.32. The van der Waals surface area contributed by atoms with Gasteiger partial charge in [-0.25, -0.2) is 13.1 Å². The molecule has 2 rings (SSSR count). The SMILES string of the molecule is CSC1CCCC1NS(=O)(=O)c1ccc(Cl)c(CN)c1Cl. The van der Waals surface area contributed by atoms with E-state index in [1.807, 2.05) is 6.26 Å². The number of benzene rings is 1. The molecule has 3 N–H and O–H groups in total. The minimum absolute atomic E-state index is 0.0424. The summed E-state index contributed by atoms with van der Waals surface area (Å²) in [6.45, 7) is 0.0951. The Morgan fingerprint density at radius 1 is 1.38 bits per heavy atom. The summed E-state index contributed by atoms with van der Waals surface area (Å²) in [5, 5.41) is 0.792. The first-order valence-electron chi connectivity index (χ1n) is 6.62. The van der Waals surface area contributed by atoms with Crippen molar-refractivity contribution in [2.45, 2.75) is 42.0 Å². The first-order valence-corrected chi connectivity index (χ1v) is 10.2. The van der Waals surface area contributed by atoms with Crippen molar-refractivity contribution >= 4 is 45.0 Å². The van der Waals surface area contributed by atoms with Gasteiger partial charge in [0.15, 0.2) is 0 Å². The zero-order valence-electron chi connectivity index (χ0n) is 11.6. The maximum Gasteiger partial charge on any atom is 0.242 e. The van der Waals surface area contributed by atoms with E-state index in [9.17, 15) is 8.42 Å². The van der Waals surface area contributed by atoms with E-state index in [1.165, 1.54) is 12.1 Å². The van der Waals surface area contributed by atoms with Gasteiger partial charge >= 0.3 is 0 Å². The molecule has 0 saturated heterocycles. The zero-order valence-corrected chi connectivity index (χ0v) is 14.7. The average Bonchev–Trinajstić information content (AvgIpc) is 2.85. The Kier molecular flexibility index (Phi) is 5.84. The number of thioether (sulfide) groups is 1. The van der Waals surface area contributed by atoms with Crippen LogP contribution in [0.4, 0.5) is 0 Å². The second-order valence-electron chi connectivity index (χ2n) is 4.98. The van der Waals surface area contributed by atoms with E-state index >= 15 is 0 Å². The molecule has 1 aliphatic rings. The molecule has 0 radical (unpaired) electrons. The summed E-state index contributed by atoms with van der Waals surface area (Å²) >= 11 is 13.8. The Labute approximate surface area is 139 Å². The maximum atomic E-state index is 12.6. The number of sulfonamides is 1. The molecule has 0 bridgehead atoms. The quantitative estimate of drug-likeness (QED) is 0.837. The standard InChI is InChI=1S/C13H18Cl2N2O2S2/c1-20-11-4-2-3-10(11)17-21(18,19)12-6-5-9(14)8(7-16)13(12)15/h5-6,10-11,17H,2-4,7,16H2,1H3. The largest absolute Gasteiger partial charge is 0.326 e. The van der Waals surface area contributed by atoms with Crippen LogP contribution in [0.15, 0.2) is 17.0 Å². The van der Waals surface area contributed by atoms with Crippen LogP contribution in [0.25, 0.3) is 0 Å². The molecular formula is C13H18Cl2N2O2S2. The second-order valence-corrected chi connectivity index (χ2v) is 8.52. The van der Waals surface area contributed by atoms with E-state index in [2.05, 4.69) is 4.72 Å². The highest BCUT2D eigenvalue weighted by molar-refractivity contribution is 7.99. The van der Waals surface area contributed by atoms with Gasteiger partial charge in [-0.05, 0) is 31.2 Å². The van der Waals surface area contributed by atoms with Gasteiger partial charge in [-0.2, -0.15) is 11.8 Å². The van der Waals surface area contributed by atoms with Gasteiger partial charge in [0.2, 0.25) is 10.0 Å². The molecule has 1 aromatic carbocycles. The topological polar surface area (TPSA) is 72.2 Å². The van der Waals surface area contributed by atoms with Crippen molar-refractivity contribution in [2.24, 2.45) is 5.73 Å². The third-order valence-electron chi connectivity index (χ3n) is 3.71. The molecule has 0 aliphatic heterocycles. The van der Waals surface area contributed by atoms with Gasteiger partial charge in [-0.3, -0.25) is 0 Å². The van der Waals surface area contributed by atoms with Crippen LogP contribution in [0.1, 0.15) is 24.8 Å². The molecule has 2 unspecified atom stereocenters. The lowest BCUT2D eigenvalue weighted by molar-refractivity contribution is 0.555. The molecule has 1 aliphatic carbocycles. The summed E-state index contributed by atoms with van der Waals surface area (Å²) < 4.78 is 27.9. The molecule has 21 heavy (non-hydrogen) atoms. The lowest BCUT2D eigenvalue weighted by atomic mass is 10.2.